The highest BCUT2D eigenvalue weighted by Gasteiger charge is 2.32. The van der Waals surface area contributed by atoms with Crippen molar-refractivity contribution in [3.8, 4) is 0 Å². The van der Waals surface area contributed by atoms with Crippen molar-refractivity contribution in [2.75, 3.05) is 7.05 Å². The minimum Gasteiger partial charge on any atom is -0.317 e. The van der Waals surface area contributed by atoms with E-state index in [1.54, 1.807) is 13.1 Å². The van der Waals surface area contributed by atoms with Gasteiger partial charge < -0.3 is 5.32 Å². The Hall–Kier alpha value is -1.10. The normalized spacial score (nSPS) is 13.9. The molecule has 1 aromatic rings. The summed E-state index contributed by atoms with van der Waals surface area (Å²) in [6.07, 6.45) is -3.88. The van der Waals surface area contributed by atoms with Crippen LogP contribution in [-0.4, -0.2) is 18.1 Å². The van der Waals surface area contributed by atoms with Gasteiger partial charge in [0, 0.05) is 18.2 Å². The zero-order valence-electron chi connectivity index (χ0n) is 8.60. The molecule has 0 saturated carbocycles. The molecule has 2 nitrogen and oxygen atoms in total. The molecule has 0 aromatic carbocycles. The quantitative estimate of drug-likeness (QED) is 0.841. The van der Waals surface area contributed by atoms with E-state index in [0.717, 1.165) is 6.07 Å². The molecule has 0 fully saturated rings. The number of nitrogens with one attached hydrogen (secondary N) is 1. The lowest BCUT2D eigenvalue weighted by Gasteiger charge is -2.11. The summed E-state index contributed by atoms with van der Waals surface area (Å²) in [7, 11) is 1.76. The Morgan fingerprint density at radius 2 is 2.07 bits per heavy atom. The van der Waals surface area contributed by atoms with Gasteiger partial charge in [-0.25, -0.2) is 4.98 Å². The van der Waals surface area contributed by atoms with Gasteiger partial charge in [-0.2, -0.15) is 13.2 Å². The summed E-state index contributed by atoms with van der Waals surface area (Å²) < 4.78 is 36.9. The van der Waals surface area contributed by atoms with Gasteiger partial charge in [-0.3, -0.25) is 0 Å². The third-order valence-corrected chi connectivity index (χ3v) is 2.11. The van der Waals surface area contributed by atoms with E-state index < -0.39 is 11.9 Å². The number of halogens is 3. The van der Waals surface area contributed by atoms with Crippen LogP contribution in [0.25, 0.3) is 0 Å². The zero-order chi connectivity index (χ0) is 11.5. The molecule has 0 aliphatic carbocycles. The van der Waals surface area contributed by atoms with Crippen molar-refractivity contribution in [3.63, 3.8) is 0 Å². The van der Waals surface area contributed by atoms with Crippen molar-refractivity contribution in [1.29, 1.82) is 0 Å². The SMILES string of the molecule is CNC(C)Cc1cccc(C(F)(F)F)n1. The molecule has 0 bridgehead atoms. The summed E-state index contributed by atoms with van der Waals surface area (Å²) >= 11 is 0. The first-order valence-corrected chi connectivity index (χ1v) is 4.64. The van der Waals surface area contributed by atoms with E-state index in [2.05, 4.69) is 10.3 Å². The zero-order valence-corrected chi connectivity index (χ0v) is 8.60. The van der Waals surface area contributed by atoms with Crippen LogP contribution >= 0.6 is 0 Å². The molecule has 1 unspecified atom stereocenters. The molecule has 1 rings (SSSR count). The highest BCUT2D eigenvalue weighted by atomic mass is 19.4. The number of hydrogen-bond donors (Lipinski definition) is 1. The van der Waals surface area contributed by atoms with Gasteiger partial charge in [-0.1, -0.05) is 6.07 Å². The maximum Gasteiger partial charge on any atom is 0.433 e. The number of alkyl halides is 3. The summed E-state index contributed by atoms with van der Waals surface area (Å²) in [6.45, 7) is 1.89. The van der Waals surface area contributed by atoms with Gasteiger partial charge in [0.05, 0.1) is 0 Å². The topological polar surface area (TPSA) is 24.9 Å². The van der Waals surface area contributed by atoms with Crippen LogP contribution in [0.2, 0.25) is 0 Å². The number of pyridine rings is 1. The summed E-state index contributed by atoms with van der Waals surface area (Å²) in [6, 6.07) is 4.07. The van der Waals surface area contributed by atoms with Gasteiger partial charge in [0.1, 0.15) is 5.69 Å². The van der Waals surface area contributed by atoms with Gasteiger partial charge >= 0.3 is 6.18 Å². The first-order chi connectivity index (χ1) is 6.93. The smallest absolute Gasteiger partial charge is 0.317 e. The second kappa shape index (κ2) is 4.61. The molecule has 1 N–H and O–H groups in total. The van der Waals surface area contributed by atoms with Gasteiger partial charge in [-0.15, -0.1) is 0 Å². The molecule has 84 valence electrons. The second-order valence-electron chi connectivity index (χ2n) is 3.41. The Balaban J connectivity index is 2.84. The molecular weight excluding hydrogens is 205 g/mol. The van der Waals surface area contributed by atoms with Crippen molar-refractivity contribution in [1.82, 2.24) is 10.3 Å². The fourth-order valence-electron chi connectivity index (χ4n) is 1.17. The van der Waals surface area contributed by atoms with Crippen LogP contribution in [0.5, 0.6) is 0 Å². The number of likely N-dealkylation sites (N-methyl/N-ethyl adjacent to an activating group) is 1. The lowest BCUT2D eigenvalue weighted by atomic mass is 10.1. The third-order valence-electron chi connectivity index (χ3n) is 2.11. The van der Waals surface area contributed by atoms with Crippen molar-refractivity contribution < 1.29 is 13.2 Å². The molecule has 5 heteroatoms. The van der Waals surface area contributed by atoms with Crippen LogP contribution in [0.4, 0.5) is 13.2 Å². The first kappa shape index (κ1) is 12.0. The van der Waals surface area contributed by atoms with E-state index in [9.17, 15) is 13.2 Å². The Morgan fingerprint density at radius 1 is 1.40 bits per heavy atom. The van der Waals surface area contributed by atoms with Crippen molar-refractivity contribution >= 4 is 0 Å². The molecule has 1 heterocycles. The predicted octanol–water partition coefficient (Wildman–Crippen LogP) is 2.25. The Kier molecular flexibility index (Phi) is 3.68. The molecule has 0 spiro atoms. The number of rotatable bonds is 3. The maximum absolute atomic E-state index is 12.3. The van der Waals surface area contributed by atoms with Crippen molar-refractivity contribution in [2.24, 2.45) is 0 Å². The van der Waals surface area contributed by atoms with E-state index in [1.165, 1.54) is 6.07 Å². The Morgan fingerprint density at radius 3 is 2.60 bits per heavy atom. The standard InChI is InChI=1S/C10H13F3N2/c1-7(14-2)6-8-4-3-5-9(15-8)10(11,12)13/h3-5,7,14H,6H2,1-2H3. The van der Waals surface area contributed by atoms with E-state index >= 15 is 0 Å². The van der Waals surface area contributed by atoms with Crippen LogP contribution in [-0.2, 0) is 12.6 Å². The largest absolute Gasteiger partial charge is 0.433 e. The fourth-order valence-corrected chi connectivity index (χ4v) is 1.17. The van der Waals surface area contributed by atoms with Crippen LogP contribution in [0.15, 0.2) is 18.2 Å². The van der Waals surface area contributed by atoms with Crippen LogP contribution in [0, 0.1) is 0 Å². The molecule has 0 radical (unpaired) electrons. The summed E-state index contributed by atoms with van der Waals surface area (Å²) in [4.78, 5) is 3.57. The number of hydrogen-bond acceptors (Lipinski definition) is 2. The van der Waals surface area contributed by atoms with Gasteiger partial charge in [0.2, 0.25) is 0 Å². The van der Waals surface area contributed by atoms with E-state index in [1.807, 2.05) is 6.92 Å². The summed E-state index contributed by atoms with van der Waals surface area (Å²) in [5.74, 6) is 0. The second-order valence-corrected chi connectivity index (χ2v) is 3.41. The fraction of sp³-hybridized carbons (Fsp3) is 0.500. The first-order valence-electron chi connectivity index (χ1n) is 4.64. The minimum atomic E-state index is -4.36. The lowest BCUT2D eigenvalue weighted by molar-refractivity contribution is -0.141. The monoisotopic (exact) mass is 218 g/mol. The minimum absolute atomic E-state index is 0.112. The van der Waals surface area contributed by atoms with Crippen LogP contribution in [0.1, 0.15) is 18.3 Å². The molecule has 0 aliphatic rings. The average molecular weight is 218 g/mol. The van der Waals surface area contributed by atoms with Gasteiger partial charge in [0.25, 0.3) is 0 Å². The van der Waals surface area contributed by atoms with E-state index in [0.29, 0.717) is 12.1 Å². The van der Waals surface area contributed by atoms with Crippen LogP contribution in [0.3, 0.4) is 0 Å². The molecule has 0 aliphatic heterocycles. The third kappa shape index (κ3) is 3.51. The van der Waals surface area contributed by atoms with Gasteiger partial charge in [-0.05, 0) is 26.1 Å². The molecule has 15 heavy (non-hydrogen) atoms. The number of nitrogens with zero attached hydrogens (tertiary/aromatic N) is 1. The highest BCUT2D eigenvalue weighted by Crippen LogP contribution is 2.27. The average Bonchev–Trinajstić information content (AvgIpc) is 2.17. The Labute approximate surface area is 86.5 Å². The highest BCUT2D eigenvalue weighted by molar-refractivity contribution is 5.14. The molecule has 0 amide bonds. The van der Waals surface area contributed by atoms with Crippen molar-refractivity contribution in [3.05, 3.63) is 29.6 Å². The molecule has 1 aromatic heterocycles. The van der Waals surface area contributed by atoms with Crippen molar-refractivity contribution in [2.45, 2.75) is 25.6 Å². The van der Waals surface area contributed by atoms with E-state index in [-0.39, 0.29) is 6.04 Å². The Bertz CT molecular complexity index is 323. The predicted molar refractivity (Wildman–Crippen MR) is 51.5 cm³/mol. The van der Waals surface area contributed by atoms with Crippen LogP contribution < -0.4 is 5.32 Å². The summed E-state index contributed by atoms with van der Waals surface area (Å²) in [5, 5.41) is 2.95. The number of aromatic nitrogens is 1. The summed E-state index contributed by atoms with van der Waals surface area (Å²) in [5.41, 5.74) is -0.380. The molecule has 0 saturated heterocycles. The van der Waals surface area contributed by atoms with Gasteiger partial charge in [0.15, 0.2) is 0 Å². The van der Waals surface area contributed by atoms with E-state index in [4.69, 9.17) is 0 Å². The lowest BCUT2D eigenvalue weighted by Crippen LogP contribution is -2.24. The molecular formula is C10H13F3N2. The maximum atomic E-state index is 12.3. The molecule has 1 atom stereocenters.